The molecule has 0 spiro atoms. The summed E-state index contributed by atoms with van der Waals surface area (Å²) in [6, 6.07) is 0. The third-order valence-electron chi connectivity index (χ3n) is 2.90. The van der Waals surface area contributed by atoms with Gasteiger partial charge in [0.15, 0.2) is 0 Å². The molecule has 0 aromatic rings. The SMILES string of the molecule is CN(CCN1CCCC1)C(=O)CCCCl. The lowest BCUT2D eigenvalue weighted by molar-refractivity contribution is -0.130. The topological polar surface area (TPSA) is 23.6 Å². The normalized spacial score (nSPS) is 16.9. The molecule has 0 radical (unpaired) electrons. The first kappa shape index (κ1) is 12.8. The molecular formula is C11H21ClN2O. The minimum atomic E-state index is 0.217. The summed E-state index contributed by atoms with van der Waals surface area (Å²) in [7, 11) is 1.88. The molecular weight excluding hydrogens is 212 g/mol. The monoisotopic (exact) mass is 232 g/mol. The van der Waals surface area contributed by atoms with Crippen molar-refractivity contribution in [2.45, 2.75) is 25.7 Å². The summed E-state index contributed by atoms with van der Waals surface area (Å²) in [5, 5.41) is 0. The zero-order valence-electron chi connectivity index (χ0n) is 9.54. The summed E-state index contributed by atoms with van der Waals surface area (Å²) in [5.74, 6) is 0.793. The summed E-state index contributed by atoms with van der Waals surface area (Å²) >= 11 is 5.55. The van der Waals surface area contributed by atoms with Crippen LogP contribution in [0.1, 0.15) is 25.7 Å². The molecule has 0 bridgehead atoms. The summed E-state index contributed by atoms with van der Waals surface area (Å²) in [6.07, 6.45) is 3.99. The van der Waals surface area contributed by atoms with E-state index in [-0.39, 0.29) is 5.91 Å². The van der Waals surface area contributed by atoms with E-state index in [0.29, 0.717) is 12.3 Å². The van der Waals surface area contributed by atoms with Crippen molar-refractivity contribution < 1.29 is 4.79 Å². The largest absolute Gasteiger partial charge is 0.344 e. The third-order valence-corrected chi connectivity index (χ3v) is 3.17. The Kier molecular flexibility index (Phi) is 6.03. The Morgan fingerprint density at radius 3 is 2.67 bits per heavy atom. The fourth-order valence-electron chi connectivity index (χ4n) is 1.83. The Labute approximate surface area is 97.4 Å². The summed E-state index contributed by atoms with van der Waals surface area (Å²) < 4.78 is 0. The zero-order chi connectivity index (χ0) is 11.1. The van der Waals surface area contributed by atoms with Crippen LogP contribution in [0.15, 0.2) is 0 Å². The molecule has 0 saturated carbocycles. The first-order valence-electron chi connectivity index (χ1n) is 5.76. The lowest BCUT2D eigenvalue weighted by atomic mass is 10.3. The van der Waals surface area contributed by atoms with Gasteiger partial charge in [-0.15, -0.1) is 11.6 Å². The van der Waals surface area contributed by atoms with Gasteiger partial charge in [0.05, 0.1) is 0 Å². The van der Waals surface area contributed by atoms with Crippen molar-refractivity contribution in [3.05, 3.63) is 0 Å². The van der Waals surface area contributed by atoms with E-state index in [1.807, 2.05) is 11.9 Å². The third kappa shape index (κ3) is 4.85. The quantitative estimate of drug-likeness (QED) is 0.649. The Morgan fingerprint density at radius 1 is 1.40 bits per heavy atom. The van der Waals surface area contributed by atoms with Gasteiger partial charge in [-0.2, -0.15) is 0 Å². The second-order valence-corrected chi connectivity index (χ2v) is 4.53. The average molecular weight is 233 g/mol. The van der Waals surface area contributed by atoms with E-state index < -0.39 is 0 Å². The number of alkyl halides is 1. The molecule has 88 valence electrons. The second kappa shape index (κ2) is 7.07. The van der Waals surface area contributed by atoms with Gasteiger partial charge in [-0.1, -0.05) is 0 Å². The highest BCUT2D eigenvalue weighted by atomic mass is 35.5. The van der Waals surface area contributed by atoms with Crippen LogP contribution < -0.4 is 0 Å². The van der Waals surface area contributed by atoms with E-state index in [2.05, 4.69) is 4.90 Å². The number of hydrogen-bond acceptors (Lipinski definition) is 2. The first-order chi connectivity index (χ1) is 7.24. The number of likely N-dealkylation sites (tertiary alicyclic amines) is 1. The maximum absolute atomic E-state index is 11.6. The van der Waals surface area contributed by atoms with Crippen LogP contribution in [0.2, 0.25) is 0 Å². The van der Waals surface area contributed by atoms with Crippen LogP contribution in [0.4, 0.5) is 0 Å². The highest BCUT2D eigenvalue weighted by Crippen LogP contribution is 2.06. The molecule has 4 heteroatoms. The predicted molar refractivity (Wildman–Crippen MR) is 63.3 cm³/mol. The maximum atomic E-state index is 11.6. The number of halogens is 1. The number of carbonyl (C=O) groups excluding carboxylic acids is 1. The molecule has 1 amide bonds. The Morgan fingerprint density at radius 2 is 2.07 bits per heavy atom. The van der Waals surface area contributed by atoms with Crippen LogP contribution in [-0.2, 0) is 4.79 Å². The predicted octanol–water partition coefficient (Wildman–Crippen LogP) is 1.56. The van der Waals surface area contributed by atoms with Crippen molar-refractivity contribution in [1.29, 1.82) is 0 Å². The van der Waals surface area contributed by atoms with Crippen molar-refractivity contribution in [3.63, 3.8) is 0 Å². The minimum absolute atomic E-state index is 0.217. The molecule has 0 N–H and O–H groups in total. The van der Waals surface area contributed by atoms with Crippen molar-refractivity contribution in [2.24, 2.45) is 0 Å². The molecule has 15 heavy (non-hydrogen) atoms. The van der Waals surface area contributed by atoms with Gasteiger partial charge in [-0.25, -0.2) is 0 Å². The van der Waals surface area contributed by atoms with Gasteiger partial charge in [-0.05, 0) is 32.4 Å². The second-order valence-electron chi connectivity index (χ2n) is 4.16. The molecule has 0 atom stereocenters. The van der Waals surface area contributed by atoms with Gasteiger partial charge in [0.1, 0.15) is 0 Å². The van der Waals surface area contributed by atoms with Crippen LogP contribution in [-0.4, -0.2) is 54.8 Å². The zero-order valence-corrected chi connectivity index (χ0v) is 10.3. The van der Waals surface area contributed by atoms with Crippen molar-refractivity contribution in [1.82, 2.24) is 9.80 Å². The fraction of sp³-hybridized carbons (Fsp3) is 0.909. The van der Waals surface area contributed by atoms with E-state index in [0.717, 1.165) is 19.5 Å². The molecule has 1 aliphatic rings. The molecule has 1 fully saturated rings. The number of hydrogen-bond donors (Lipinski definition) is 0. The number of amides is 1. The van der Waals surface area contributed by atoms with E-state index in [9.17, 15) is 4.79 Å². The van der Waals surface area contributed by atoms with Crippen LogP contribution in [0.25, 0.3) is 0 Å². The first-order valence-corrected chi connectivity index (χ1v) is 6.30. The maximum Gasteiger partial charge on any atom is 0.222 e. The molecule has 0 aromatic carbocycles. The summed E-state index contributed by atoms with van der Waals surface area (Å²) in [6.45, 7) is 4.26. The van der Waals surface area contributed by atoms with Crippen molar-refractivity contribution in [2.75, 3.05) is 39.1 Å². The molecule has 0 aliphatic carbocycles. The highest BCUT2D eigenvalue weighted by Gasteiger charge is 2.13. The molecule has 1 aliphatic heterocycles. The summed E-state index contributed by atoms with van der Waals surface area (Å²) in [4.78, 5) is 15.8. The standard InChI is InChI=1S/C11H21ClN2O/c1-13(11(15)5-4-6-12)9-10-14-7-2-3-8-14/h2-10H2,1H3. The molecule has 0 unspecified atom stereocenters. The van der Waals surface area contributed by atoms with Gasteiger partial charge in [0.25, 0.3) is 0 Å². The highest BCUT2D eigenvalue weighted by molar-refractivity contribution is 6.17. The summed E-state index contributed by atoms with van der Waals surface area (Å²) in [5.41, 5.74) is 0. The van der Waals surface area contributed by atoms with Gasteiger partial charge < -0.3 is 9.80 Å². The molecule has 0 aromatic heterocycles. The van der Waals surface area contributed by atoms with Crippen molar-refractivity contribution in [3.8, 4) is 0 Å². The average Bonchev–Trinajstić information content (AvgIpc) is 2.75. The number of rotatable bonds is 6. The van der Waals surface area contributed by atoms with Gasteiger partial charge in [0.2, 0.25) is 5.91 Å². The van der Waals surface area contributed by atoms with E-state index in [4.69, 9.17) is 11.6 Å². The van der Waals surface area contributed by atoms with Crippen molar-refractivity contribution >= 4 is 17.5 Å². The Bertz CT molecular complexity index is 193. The molecule has 1 rings (SSSR count). The van der Waals surface area contributed by atoms with E-state index in [1.165, 1.54) is 25.9 Å². The molecule has 3 nitrogen and oxygen atoms in total. The number of nitrogens with zero attached hydrogens (tertiary/aromatic N) is 2. The van der Waals surface area contributed by atoms with Gasteiger partial charge >= 0.3 is 0 Å². The number of carbonyl (C=O) groups is 1. The van der Waals surface area contributed by atoms with E-state index >= 15 is 0 Å². The number of likely N-dealkylation sites (N-methyl/N-ethyl adjacent to an activating group) is 1. The molecule has 1 saturated heterocycles. The minimum Gasteiger partial charge on any atom is -0.344 e. The van der Waals surface area contributed by atoms with Gasteiger partial charge in [-0.3, -0.25) is 4.79 Å². The lowest BCUT2D eigenvalue weighted by Crippen LogP contribution is -2.35. The van der Waals surface area contributed by atoms with Crippen LogP contribution >= 0.6 is 11.6 Å². The van der Waals surface area contributed by atoms with E-state index in [1.54, 1.807) is 0 Å². The fourth-order valence-corrected chi connectivity index (χ4v) is 1.96. The van der Waals surface area contributed by atoms with Gasteiger partial charge in [0, 0.05) is 32.4 Å². The van der Waals surface area contributed by atoms with Crippen LogP contribution in [0, 0.1) is 0 Å². The van der Waals surface area contributed by atoms with Crippen LogP contribution in [0.3, 0.4) is 0 Å². The Hall–Kier alpha value is -0.280. The van der Waals surface area contributed by atoms with Crippen LogP contribution in [0.5, 0.6) is 0 Å². The Balaban J connectivity index is 2.10. The smallest absolute Gasteiger partial charge is 0.222 e. The lowest BCUT2D eigenvalue weighted by Gasteiger charge is -2.21. The molecule has 1 heterocycles.